The van der Waals surface area contributed by atoms with Crippen LogP contribution in [0, 0.1) is 24.4 Å². The first-order valence-electron chi connectivity index (χ1n) is 6.91. The molecule has 0 aliphatic carbocycles. The van der Waals surface area contributed by atoms with Gasteiger partial charge in [-0.2, -0.15) is 0 Å². The van der Waals surface area contributed by atoms with Gasteiger partial charge in [-0.25, -0.2) is 18.0 Å². The van der Waals surface area contributed by atoms with Crippen LogP contribution >= 0.6 is 0 Å². The maximum atomic E-state index is 13.5. The Balaban J connectivity index is 2.48. The molecule has 1 atom stereocenters. The molecular weight excluding hydrogens is 325 g/mol. The molecule has 0 saturated carbocycles. The number of benzene rings is 1. The summed E-state index contributed by atoms with van der Waals surface area (Å²) in [6.45, 7) is 1.66. The Hall–Kier alpha value is -2.77. The number of hydrogen-bond acceptors (Lipinski definition) is 3. The van der Waals surface area contributed by atoms with E-state index in [0.29, 0.717) is 17.8 Å². The number of aromatic nitrogens is 1. The predicted octanol–water partition coefficient (Wildman–Crippen LogP) is 2.73. The zero-order chi connectivity index (χ0) is 18.0. The van der Waals surface area contributed by atoms with Gasteiger partial charge in [-0.1, -0.05) is 0 Å². The second-order valence-electron chi connectivity index (χ2n) is 5.16. The van der Waals surface area contributed by atoms with Crippen molar-refractivity contribution in [3.8, 4) is 0 Å². The Labute approximate surface area is 136 Å². The maximum absolute atomic E-state index is 13.5. The number of esters is 1. The highest BCUT2D eigenvalue weighted by Crippen LogP contribution is 2.26. The first kappa shape index (κ1) is 17.6. The smallest absolute Gasteiger partial charge is 0.333 e. The number of rotatable bonds is 4. The minimum absolute atomic E-state index is 0.234. The molecule has 1 amide bonds. The fourth-order valence-corrected chi connectivity index (χ4v) is 2.35. The van der Waals surface area contributed by atoms with Gasteiger partial charge in [-0.05, 0) is 30.7 Å². The minimum Gasteiger partial charge on any atom is -0.467 e. The Morgan fingerprint density at radius 2 is 1.79 bits per heavy atom. The maximum Gasteiger partial charge on any atom is 0.333 e. The lowest BCUT2D eigenvalue weighted by Crippen LogP contribution is -2.37. The number of methoxy groups -OCH3 is 1. The summed E-state index contributed by atoms with van der Waals surface area (Å²) in [5.74, 6) is -6.05. The van der Waals surface area contributed by atoms with Crippen molar-refractivity contribution in [2.75, 3.05) is 14.2 Å². The minimum atomic E-state index is -1.65. The molecule has 1 aromatic carbocycles. The van der Waals surface area contributed by atoms with Crippen molar-refractivity contribution in [3.05, 3.63) is 58.7 Å². The lowest BCUT2D eigenvalue weighted by Gasteiger charge is -2.26. The van der Waals surface area contributed by atoms with E-state index in [-0.39, 0.29) is 11.1 Å². The number of halogens is 3. The largest absolute Gasteiger partial charge is 0.467 e. The number of H-pyrrole nitrogens is 1. The second-order valence-corrected chi connectivity index (χ2v) is 5.16. The van der Waals surface area contributed by atoms with Gasteiger partial charge in [-0.3, -0.25) is 4.79 Å². The lowest BCUT2D eigenvalue weighted by molar-refractivity contribution is -0.145. The number of ether oxygens (including phenoxy) is 1. The molecule has 1 heterocycles. The number of nitrogens with zero attached hydrogens (tertiary/aromatic N) is 1. The van der Waals surface area contributed by atoms with Crippen molar-refractivity contribution in [3.63, 3.8) is 0 Å². The third kappa shape index (κ3) is 3.12. The standard InChI is InChI=1S/C16H15F3N2O3/c1-8-10(4-5-20-8)15(22)21(2)14(16(23)24-3)9-6-11(17)13(19)12(18)7-9/h4-7,14,20H,1-3H3. The SMILES string of the molecule is COC(=O)C(c1cc(F)c(F)c(F)c1)N(C)C(=O)c1cc[nH]c1C. The molecule has 2 aromatic rings. The molecule has 0 spiro atoms. The molecule has 24 heavy (non-hydrogen) atoms. The highest BCUT2D eigenvalue weighted by Gasteiger charge is 2.32. The van der Waals surface area contributed by atoms with E-state index in [9.17, 15) is 22.8 Å². The summed E-state index contributed by atoms with van der Waals surface area (Å²) in [4.78, 5) is 28.4. The molecule has 0 fully saturated rings. The van der Waals surface area contributed by atoms with Crippen LogP contribution in [-0.2, 0) is 9.53 Å². The molecule has 128 valence electrons. The second kappa shape index (κ2) is 6.77. The van der Waals surface area contributed by atoms with Crippen molar-refractivity contribution in [2.24, 2.45) is 0 Å². The van der Waals surface area contributed by atoms with E-state index in [4.69, 9.17) is 0 Å². The number of amides is 1. The van der Waals surface area contributed by atoms with Crippen molar-refractivity contribution >= 4 is 11.9 Å². The van der Waals surface area contributed by atoms with E-state index >= 15 is 0 Å². The molecule has 2 rings (SSSR count). The molecular formula is C16H15F3N2O3. The van der Waals surface area contributed by atoms with Crippen LogP contribution in [0.2, 0.25) is 0 Å². The molecule has 1 unspecified atom stereocenters. The van der Waals surface area contributed by atoms with E-state index in [1.54, 1.807) is 13.1 Å². The van der Waals surface area contributed by atoms with Crippen LogP contribution in [0.3, 0.4) is 0 Å². The topological polar surface area (TPSA) is 62.4 Å². The predicted molar refractivity (Wildman–Crippen MR) is 78.7 cm³/mol. The van der Waals surface area contributed by atoms with Gasteiger partial charge in [0.2, 0.25) is 0 Å². The van der Waals surface area contributed by atoms with Crippen LogP contribution in [0.4, 0.5) is 13.2 Å². The number of aromatic amines is 1. The summed E-state index contributed by atoms with van der Waals surface area (Å²) >= 11 is 0. The Morgan fingerprint density at radius 1 is 1.21 bits per heavy atom. The normalized spacial score (nSPS) is 11.9. The average Bonchev–Trinajstić information content (AvgIpc) is 2.97. The van der Waals surface area contributed by atoms with Crippen LogP contribution in [0.1, 0.15) is 27.7 Å². The lowest BCUT2D eigenvalue weighted by atomic mass is 10.0. The molecule has 1 N–H and O–H groups in total. The monoisotopic (exact) mass is 340 g/mol. The summed E-state index contributed by atoms with van der Waals surface area (Å²) < 4.78 is 44.7. The summed E-state index contributed by atoms with van der Waals surface area (Å²) in [6, 6.07) is 1.40. The van der Waals surface area contributed by atoms with Crippen molar-refractivity contribution < 1.29 is 27.5 Å². The van der Waals surface area contributed by atoms with Gasteiger partial charge in [0.05, 0.1) is 12.7 Å². The summed E-state index contributed by atoms with van der Waals surface area (Å²) in [7, 11) is 2.36. The first-order chi connectivity index (χ1) is 11.3. The number of carbonyl (C=O) groups excluding carboxylic acids is 2. The van der Waals surface area contributed by atoms with Crippen LogP contribution in [0.15, 0.2) is 24.4 Å². The van der Waals surface area contributed by atoms with E-state index in [2.05, 4.69) is 9.72 Å². The highest BCUT2D eigenvalue weighted by molar-refractivity contribution is 5.97. The van der Waals surface area contributed by atoms with Crippen molar-refractivity contribution in [2.45, 2.75) is 13.0 Å². The van der Waals surface area contributed by atoms with E-state index in [0.717, 1.165) is 12.0 Å². The molecule has 0 radical (unpaired) electrons. The van der Waals surface area contributed by atoms with E-state index in [1.165, 1.54) is 13.1 Å². The number of nitrogens with one attached hydrogen (secondary N) is 1. The molecule has 0 aliphatic rings. The summed E-state index contributed by atoms with van der Waals surface area (Å²) in [6.07, 6.45) is 1.54. The molecule has 8 heteroatoms. The number of carbonyl (C=O) groups is 2. The Bertz CT molecular complexity index is 766. The first-order valence-corrected chi connectivity index (χ1v) is 6.91. The van der Waals surface area contributed by atoms with E-state index < -0.39 is 35.4 Å². The number of likely N-dealkylation sites (N-methyl/N-ethyl adjacent to an activating group) is 1. The van der Waals surface area contributed by atoms with Gasteiger partial charge < -0.3 is 14.6 Å². The fourth-order valence-electron chi connectivity index (χ4n) is 2.35. The zero-order valence-corrected chi connectivity index (χ0v) is 13.2. The Kier molecular flexibility index (Phi) is 4.96. The average molecular weight is 340 g/mol. The quantitative estimate of drug-likeness (QED) is 0.688. The van der Waals surface area contributed by atoms with Crippen LogP contribution < -0.4 is 0 Å². The number of aryl methyl sites for hydroxylation is 1. The molecule has 0 aliphatic heterocycles. The molecule has 0 bridgehead atoms. The van der Waals surface area contributed by atoms with Gasteiger partial charge in [0, 0.05) is 18.9 Å². The van der Waals surface area contributed by atoms with Crippen molar-refractivity contribution in [1.82, 2.24) is 9.88 Å². The third-order valence-electron chi connectivity index (χ3n) is 3.64. The van der Waals surface area contributed by atoms with Crippen LogP contribution in [-0.4, -0.2) is 35.9 Å². The van der Waals surface area contributed by atoms with Gasteiger partial charge in [-0.15, -0.1) is 0 Å². The van der Waals surface area contributed by atoms with Crippen LogP contribution in [0.5, 0.6) is 0 Å². The van der Waals surface area contributed by atoms with Crippen molar-refractivity contribution in [1.29, 1.82) is 0 Å². The van der Waals surface area contributed by atoms with Gasteiger partial charge in [0.1, 0.15) is 0 Å². The Morgan fingerprint density at radius 3 is 2.25 bits per heavy atom. The summed E-state index contributed by atoms with van der Waals surface area (Å²) in [5.41, 5.74) is 0.615. The van der Waals surface area contributed by atoms with Gasteiger partial charge >= 0.3 is 5.97 Å². The molecule has 5 nitrogen and oxygen atoms in total. The number of hydrogen-bond donors (Lipinski definition) is 1. The third-order valence-corrected chi connectivity index (χ3v) is 3.64. The zero-order valence-electron chi connectivity index (χ0n) is 13.2. The van der Waals surface area contributed by atoms with Gasteiger partial charge in [0.15, 0.2) is 23.5 Å². The highest BCUT2D eigenvalue weighted by atomic mass is 19.2. The summed E-state index contributed by atoms with van der Waals surface area (Å²) in [5, 5.41) is 0. The van der Waals surface area contributed by atoms with Gasteiger partial charge in [0.25, 0.3) is 5.91 Å². The van der Waals surface area contributed by atoms with E-state index in [1.807, 2.05) is 0 Å². The molecule has 1 aromatic heterocycles. The fraction of sp³-hybridized carbons (Fsp3) is 0.250. The van der Waals surface area contributed by atoms with Crippen LogP contribution in [0.25, 0.3) is 0 Å². The molecule has 0 saturated heterocycles.